The lowest BCUT2D eigenvalue weighted by molar-refractivity contribution is -0.137. The molecule has 1 atom stereocenters. The Morgan fingerprint density at radius 1 is 1.24 bits per heavy atom. The van der Waals surface area contributed by atoms with Gasteiger partial charge in [0.2, 0.25) is 0 Å². The Hall–Kier alpha value is -4.07. The van der Waals surface area contributed by atoms with Crippen LogP contribution >= 0.6 is 0 Å². The highest BCUT2D eigenvalue weighted by atomic mass is 19.4. The van der Waals surface area contributed by atoms with Crippen LogP contribution < -0.4 is 9.64 Å². The van der Waals surface area contributed by atoms with Gasteiger partial charge in [-0.05, 0) is 36.4 Å². The number of piperazine rings is 1. The van der Waals surface area contributed by atoms with Gasteiger partial charge in [-0.25, -0.2) is 0 Å². The van der Waals surface area contributed by atoms with Crippen molar-refractivity contribution in [2.45, 2.75) is 12.2 Å². The summed E-state index contributed by atoms with van der Waals surface area (Å²) in [6.07, 6.45) is -0.0351. The van der Waals surface area contributed by atoms with E-state index in [4.69, 9.17) is 10.00 Å². The van der Waals surface area contributed by atoms with Gasteiger partial charge in [0, 0.05) is 37.7 Å². The van der Waals surface area contributed by atoms with Gasteiger partial charge in [0.1, 0.15) is 18.1 Å². The molecule has 0 bridgehead atoms. The Balaban J connectivity index is 1.59. The summed E-state index contributed by atoms with van der Waals surface area (Å²) in [7, 11) is 0. The van der Waals surface area contributed by atoms with Crippen molar-refractivity contribution < 1.29 is 22.7 Å². The first kappa shape index (κ1) is 22.1. The SMILES string of the molecule is N#Cc1ccc(N2CCN(C(=O)c3ccn[nH]3)C(COc3cccnc3)C2)cc1C(F)(F)F. The van der Waals surface area contributed by atoms with Gasteiger partial charge >= 0.3 is 6.18 Å². The number of nitriles is 1. The Morgan fingerprint density at radius 3 is 2.76 bits per heavy atom. The molecule has 1 unspecified atom stereocenters. The molecular formula is C22H19F3N6O2. The van der Waals surface area contributed by atoms with Crippen molar-refractivity contribution in [2.24, 2.45) is 0 Å². The molecule has 33 heavy (non-hydrogen) atoms. The third-order valence-electron chi connectivity index (χ3n) is 5.35. The topological polar surface area (TPSA) is 98.1 Å². The van der Waals surface area contributed by atoms with E-state index in [2.05, 4.69) is 15.2 Å². The van der Waals surface area contributed by atoms with Gasteiger partial charge in [0.05, 0.1) is 29.4 Å². The Kier molecular flexibility index (Phi) is 6.17. The number of halogens is 3. The van der Waals surface area contributed by atoms with Crippen LogP contribution in [0.25, 0.3) is 0 Å². The fourth-order valence-electron chi connectivity index (χ4n) is 3.72. The molecule has 170 valence electrons. The van der Waals surface area contributed by atoms with Crippen LogP contribution in [0, 0.1) is 11.3 Å². The highest BCUT2D eigenvalue weighted by Crippen LogP contribution is 2.35. The van der Waals surface area contributed by atoms with Crippen LogP contribution in [0.5, 0.6) is 5.75 Å². The number of nitrogens with one attached hydrogen (secondary N) is 1. The predicted octanol–water partition coefficient (Wildman–Crippen LogP) is 3.11. The highest BCUT2D eigenvalue weighted by Gasteiger charge is 2.36. The minimum absolute atomic E-state index is 0.116. The van der Waals surface area contributed by atoms with Gasteiger partial charge in [-0.1, -0.05) is 0 Å². The molecule has 8 nitrogen and oxygen atoms in total. The highest BCUT2D eigenvalue weighted by molar-refractivity contribution is 5.92. The fraction of sp³-hybridized carbons (Fsp3) is 0.273. The van der Waals surface area contributed by atoms with E-state index in [9.17, 15) is 18.0 Å². The number of ether oxygens (including phenoxy) is 1. The number of anilines is 1. The predicted molar refractivity (Wildman–Crippen MR) is 112 cm³/mol. The van der Waals surface area contributed by atoms with E-state index in [1.807, 2.05) is 0 Å². The molecule has 2 aromatic heterocycles. The second-order valence-electron chi connectivity index (χ2n) is 7.41. The lowest BCUT2D eigenvalue weighted by Crippen LogP contribution is -2.57. The van der Waals surface area contributed by atoms with Crippen LogP contribution in [-0.4, -0.2) is 58.3 Å². The molecule has 0 spiro atoms. The van der Waals surface area contributed by atoms with Crippen LogP contribution in [0.4, 0.5) is 18.9 Å². The normalized spacial score (nSPS) is 16.4. The van der Waals surface area contributed by atoms with Gasteiger partial charge in [-0.3, -0.25) is 14.9 Å². The summed E-state index contributed by atoms with van der Waals surface area (Å²) >= 11 is 0. The van der Waals surface area contributed by atoms with Crippen molar-refractivity contribution in [3.8, 4) is 11.8 Å². The number of H-pyrrole nitrogens is 1. The summed E-state index contributed by atoms with van der Waals surface area (Å²) in [5.74, 6) is 0.240. The molecule has 1 aliphatic rings. The summed E-state index contributed by atoms with van der Waals surface area (Å²) in [6.45, 7) is 0.931. The largest absolute Gasteiger partial charge is 0.490 e. The number of benzene rings is 1. The Labute approximate surface area is 187 Å². The average Bonchev–Trinajstić information content (AvgIpc) is 3.37. The summed E-state index contributed by atoms with van der Waals surface area (Å²) in [6, 6.07) is 9.76. The lowest BCUT2D eigenvalue weighted by atomic mass is 10.0. The summed E-state index contributed by atoms with van der Waals surface area (Å²) in [4.78, 5) is 20.3. The fourth-order valence-corrected chi connectivity index (χ4v) is 3.72. The van der Waals surface area contributed by atoms with E-state index >= 15 is 0 Å². The van der Waals surface area contributed by atoms with Crippen LogP contribution in [0.3, 0.4) is 0 Å². The van der Waals surface area contributed by atoms with Crippen LogP contribution in [0.15, 0.2) is 55.0 Å². The zero-order chi connectivity index (χ0) is 23.4. The second kappa shape index (κ2) is 9.20. The third-order valence-corrected chi connectivity index (χ3v) is 5.35. The number of hydrogen-bond donors (Lipinski definition) is 1. The smallest absolute Gasteiger partial charge is 0.417 e. The van der Waals surface area contributed by atoms with Gasteiger partial charge in [0.15, 0.2) is 0 Å². The molecule has 1 saturated heterocycles. The molecule has 1 aliphatic heterocycles. The van der Waals surface area contributed by atoms with Crippen molar-refractivity contribution in [2.75, 3.05) is 31.1 Å². The van der Waals surface area contributed by atoms with E-state index in [-0.39, 0.29) is 25.6 Å². The van der Waals surface area contributed by atoms with Crippen molar-refractivity contribution in [3.63, 3.8) is 0 Å². The maximum atomic E-state index is 13.4. The molecule has 1 fully saturated rings. The summed E-state index contributed by atoms with van der Waals surface area (Å²) < 4.78 is 46.1. The van der Waals surface area contributed by atoms with Gasteiger partial charge in [-0.2, -0.15) is 23.5 Å². The molecule has 11 heteroatoms. The minimum atomic E-state index is -4.65. The molecule has 1 amide bonds. The van der Waals surface area contributed by atoms with Gasteiger partial charge < -0.3 is 14.5 Å². The van der Waals surface area contributed by atoms with Crippen LogP contribution in [-0.2, 0) is 6.18 Å². The summed E-state index contributed by atoms with van der Waals surface area (Å²) in [5.41, 5.74) is -0.786. The Morgan fingerprint density at radius 2 is 2.09 bits per heavy atom. The second-order valence-corrected chi connectivity index (χ2v) is 7.41. The molecule has 0 radical (unpaired) electrons. The number of pyridine rings is 1. The van der Waals surface area contributed by atoms with E-state index in [1.165, 1.54) is 24.5 Å². The van der Waals surface area contributed by atoms with E-state index in [0.29, 0.717) is 23.7 Å². The zero-order valence-corrected chi connectivity index (χ0v) is 17.3. The van der Waals surface area contributed by atoms with E-state index in [1.54, 1.807) is 40.3 Å². The van der Waals surface area contributed by atoms with Crippen molar-refractivity contribution in [3.05, 3.63) is 71.8 Å². The first-order valence-electron chi connectivity index (χ1n) is 10.1. The minimum Gasteiger partial charge on any atom is -0.490 e. The van der Waals surface area contributed by atoms with E-state index in [0.717, 1.165) is 6.07 Å². The molecular weight excluding hydrogens is 437 g/mol. The van der Waals surface area contributed by atoms with Crippen molar-refractivity contribution in [1.29, 1.82) is 5.26 Å². The molecule has 4 rings (SSSR count). The van der Waals surface area contributed by atoms with Crippen molar-refractivity contribution >= 4 is 11.6 Å². The molecule has 0 saturated carbocycles. The third kappa shape index (κ3) is 4.90. The maximum absolute atomic E-state index is 13.4. The number of alkyl halides is 3. The number of nitrogens with zero attached hydrogens (tertiary/aromatic N) is 5. The number of aromatic amines is 1. The zero-order valence-electron chi connectivity index (χ0n) is 17.3. The standard InChI is InChI=1S/C22H19F3N6O2/c23-22(24,25)19-10-16(4-3-15(19)11-26)30-8-9-31(21(32)20-5-7-28-29-20)17(13-30)14-33-18-2-1-6-27-12-18/h1-7,10,12,17H,8-9,13-14H2,(H,28,29). The number of aromatic nitrogens is 3. The molecule has 3 heterocycles. The van der Waals surface area contributed by atoms with Gasteiger partial charge in [0.25, 0.3) is 5.91 Å². The van der Waals surface area contributed by atoms with E-state index < -0.39 is 23.3 Å². The number of rotatable bonds is 5. The number of hydrogen-bond acceptors (Lipinski definition) is 6. The molecule has 1 N–H and O–H groups in total. The molecule has 3 aromatic rings. The maximum Gasteiger partial charge on any atom is 0.417 e. The average molecular weight is 456 g/mol. The quantitative estimate of drug-likeness (QED) is 0.634. The van der Waals surface area contributed by atoms with Crippen molar-refractivity contribution in [1.82, 2.24) is 20.1 Å². The van der Waals surface area contributed by atoms with Crippen LogP contribution in [0.2, 0.25) is 0 Å². The lowest BCUT2D eigenvalue weighted by Gasteiger charge is -2.42. The van der Waals surface area contributed by atoms with Crippen LogP contribution in [0.1, 0.15) is 21.6 Å². The first-order chi connectivity index (χ1) is 15.9. The number of carbonyl (C=O) groups excluding carboxylic acids is 1. The summed E-state index contributed by atoms with van der Waals surface area (Å²) in [5, 5.41) is 15.5. The number of carbonyl (C=O) groups is 1. The molecule has 1 aromatic carbocycles. The first-order valence-corrected chi connectivity index (χ1v) is 10.1. The van der Waals surface area contributed by atoms with Gasteiger partial charge in [-0.15, -0.1) is 0 Å². The molecule has 0 aliphatic carbocycles. The Bertz CT molecular complexity index is 1150. The monoisotopic (exact) mass is 456 g/mol. The number of amides is 1.